The maximum atomic E-state index is 4.68. The van der Waals surface area contributed by atoms with E-state index in [2.05, 4.69) is 48.4 Å². The van der Waals surface area contributed by atoms with Gasteiger partial charge >= 0.3 is 0 Å². The smallest absolute Gasteiger partial charge is 0.224 e. The van der Waals surface area contributed by atoms with Crippen LogP contribution in [-0.4, -0.2) is 42.7 Å². The molecular formula is C16H21N5S. The molecule has 0 radical (unpaired) electrons. The van der Waals surface area contributed by atoms with Crippen molar-refractivity contribution in [3.05, 3.63) is 22.9 Å². The fourth-order valence-electron chi connectivity index (χ4n) is 3.50. The number of nitrogens with one attached hydrogen (secondary N) is 2. The van der Waals surface area contributed by atoms with Gasteiger partial charge in [-0.05, 0) is 36.8 Å². The summed E-state index contributed by atoms with van der Waals surface area (Å²) in [6.45, 7) is 3.30. The summed E-state index contributed by atoms with van der Waals surface area (Å²) in [4.78, 5) is 11.7. The molecule has 2 aromatic heterocycles. The molecule has 2 aliphatic rings. The molecule has 2 aliphatic heterocycles. The molecule has 0 spiro atoms. The van der Waals surface area contributed by atoms with Gasteiger partial charge in [-0.3, -0.25) is 0 Å². The number of thiophene rings is 1. The summed E-state index contributed by atoms with van der Waals surface area (Å²) in [5.74, 6) is 2.49. The van der Waals surface area contributed by atoms with Gasteiger partial charge in [-0.25, -0.2) is 4.98 Å². The molecule has 5 nitrogen and oxygen atoms in total. The average Bonchev–Trinajstić information content (AvgIpc) is 3.23. The molecular weight excluding hydrogens is 294 g/mol. The van der Waals surface area contributed by atoms with E-state index < -0.39 is 0 Å². The second kappa shape index (κ2) is 5.85. The van der Waals surface area contributed by atoms with Crippen molar-refractivity contribution in [2.45, 2.75) is 18.9 Å². The van der Waals surface area contributed by atoms with E-state index in [9.17, 15) is 0 Å². The zero-order chi connectivity index (χ0) is 14.9. The second-order valence-electron chi connectivity index (χ2n) is 6.06. The highest BCUT2D eigenvalue weighted by atomic mass is 32.1. The molecule has 0 amide bonds. The van der Waals surface area contributed by atoms with Crippen LogP contribution in [0.1, 0.15) is 12.8 Å². The topological polar surface area (TPSA) is 53.1 Å². The number of aromatic nitrogens is 2. The molecule has 116 valence electrons. The van der Waals surface area contributed by atoms with Gasteiger partial charge in [-0.15, -0.1) is 0 Å². The van der Waals surface area contributed by atoms with Gasteiger partial charge in [-0.1, -0.05) is 0 Å². The van der Waals surface area contributed by atoms with Gasteiger partial charge in [0.15, 0.2) is 0 Å². The SMILES string of the molecule is CNc1nc(-c2ccsc2)cc(N2C[C@H]3CCCN[C@H]3C2)n1. The number of piperidine rings is 1. The molecule has 0 aromatic carbocycles. The Balaban J connectivity index is 1.65. The minimum atomic E-state index is 0.617. The molecule has 0 bridgehead atoms. The fourth-order valence-corrected chi connectivity index (χ4v) is 4.15. The van der Waals surface area contributed by atoms with Crippen molar-refractivity contribution in [1.29, 1.82) is 0 Å². The van der Waals surface area contributed by atoms with Crippen LogP contribution in [-0.2, 0) is 0 Å². The maximum absolute atomic E-state index is 4.68. The first-order valence-corrected chi connectivity index (χ1v) is 8.85. The molecule has 2 aromatic rings. The fraction of sp³-hybridized carbons (Fsp3) is 0.500. The van der Waals surface area contributed by atoms with Gasteiger partial charge in [0, 0.05) is 43.2 Å². The van der Waals surface area contributed by atoms with E-state index >= 15 is 0 Å². The lowest BCUT2D eigenvalue weighted by Crippen LogP contribution is -2.40. The normalized spacial score (nSPS) is 24.3. The standard InChI is InChI=1S/C16H21N5S/c1-17-16-19-13(12-4-6-22-10-12)7-15(20-16)21-8-11-3-2-5-18-14(11)9-21/h4,6-7,10-11,14,18H,2-3,5,8-9H2,1H3,(H,17,19,20)/t11-,14+/m1/s1. The predicted molar refractivity (Wildman–Crippen MR) is 91.6 cm³/mol. The Hall–Kier alpha value is -1.66. The Morgan fingerprint density at radius 2 is 2.32 bits per heavy atom. The molecule has 22 heavy (non-hydrogen) atoms. The van der Waals surface area contributed by atoms with Gasteiger partial charge in [0.2, 0.25) is 5.95 Å². The zero-order valence-electron chi connectivity index (χ0n) is 12.7. The molecule has 2 N–H and O–H groups in total. The quantitative estimate of drug-likeness (QED) is 0.911. The monoisotopic (exact) mass is 315 g/mol. The van der Waals surface area contributed by atoms with E-state index in [0.717, 1.165) is 37.1 Å². The first-order valence-electron chi connectivity index (χ1n) is 7.91. The summed E-state index contributed by atoms with van der Waals surface area (Å²) in [7, 11) is 1.88. The molecule has 4 heterocycles. The molecule has 2 saturated heterocycles. The van der Waals surface area contributed by atoms with Crippen LogP contribution < -0.4 is 15.5 Å². The first kappa shape index (κ1) is 14.0. The largest absolute Gasteiger partial charge is 0.357 e. The van der Waals surface area contributed by atoms with Crippen LogP contribution in [0.4, 0.5) is 11.8 Å². The van der Waals surface area contributed by atoms with Crippen LogP contribution in [0.2, 0.25) is 0 Å². The predicted octanol–water partition coefficient (Wildman–Crippen LogP) is 2.43. The van der Waals surface area contributed by atoms with E-state index in [1.165, 1.54) is 18.4 Å². The van der Waals surface area contributed by atoms with Gasteiger partial charge < -0.3 is 15.5 Å². The van der Waals surface area contributed by atoms with E-state index in [1.54, 1.807) is 11.3 Å². The highest BCUT2D eigenvalue weighted by molar-refractivity contribution is 7.08. The molecule has 0 unspecified atom stereocenters. The lowest BCUT2D eigenvalue weighted by Gasteiger charge is -2.24. The Kier molecular flexibility index (Phi) is 3.72. The van der Waals surface area contributed by atoms with E-state index in [-0.39, 0.29) is 0 Å². The average molecular weight is 315 g/mol. The van der Waals surface area contributed by atoms with Crippen LogP contribution in [0.5, 0.6) is 0 Å². The summed E-state index contributed by atoms with van der Waals surface area (Å²) < 4.78 is 0. The highest BCUT2D eigenvalue weighted by Gasteiger charge is 2.35. The van der Waals surface area contributed by atoms with Crippen molar-refractivity contribution in [2.24, 2.45) is 5.92 Å². The lowest BCUT2D eigenvalue weighted by molar-refractivity contribution is 0.340. The van der Waals surface area contributed by atoms with Crippen LogP contribution in [0.25, 0.3) is 11.3 Å². The molecule has 2 atom stereocenters. The Morgan fingerprint density at radius 1 is 1.36 bits per heavy atom. The number of anilines is 2. The number of fused-ring (bicyclic) bond motifs is 1. The molecule has 6 heteroatoms. The third kappa shape index (κ3) is 2.57. The van der Waals surface area contributed by atoms with E-state index in [0.29, 0.717) is 12.0 Å². The van der Waals surface area contributed by atoms with Crippen LogP contribution in [0.3, 0.4) is 0 Å². The molecule has 0 aliphatic carbocycles. The Bertz CT molecular complexity index is 628. The molecule has 4 rings (SSSR count). The van der Waals surface area contributed by atoms with Gasteiger partial charge in [0.1, 0.15) is 5.82 Å². The first-order chi connectivity index (χ1) is 10.8. The molecule has 2 fully saturated rings. The summed E-state index contributed by atoms with van der Waals surface area (Å²) in [5, 5.41) is 11.0. The van der Waals surface area contributed by atoms with Crippen LogP contribution in [0, 0.1) is 5.92 Å². The van der Waals surface area contributed by atoms with Crippen LogP contribution >= 0.6 is 11.3 Å². The van der Waals surface area contributed by atoms with Crippen molar-refractivity contribution in [3.63, 3.8) is 0 Å². The molecule has 0 saturated carbocycles. The number of hydrogen-bond donors (Lipinski definition) is 2. The van der Waals surface area contributed by atoms with Gasteiger partial charge in [0.25, 0.3) is 0 Å². The van der Waals surface area contributed by atoms with E-state index in [4.69, 9.17) is 0 Å². The second-order valence-corrected chi connectivity index (χ2v) is 6.84. The van der Waals surface area contributed by atoms with E-state index in [1.807, 2.05) is 7.05 Å². The number of hydrogen-bond acceptors (Lipinski definition) is 6. The van der Waals surface area contributed by atoms with Gasteiger partial charge in [-0.2, -0.15) is 16.3 Å². The summed E-state index contributed by atoms with van der Waals surface area (Å²) in [6.07, 6.45) is 2.62. The Labute approximate surface area is 134 Å². The maximum Gasteiger partial charge on any atom is 0.224 e. The number of rotatable bonds is 3. The summed E-state index contributed by atoms with van der Waals surface area (Å²) in [5.41, 5.74) is 2.17. The van der Waals surface area contributed by atoms with Gasteiger partial charge in [0.05, 0.1) is 5.69 Å². The third-order valence-corrected chi connectivity index (χ3v) is 5.36. The van der Waals surface area contributed by atoms with Crippen molar-refractivity contribution in [3.8, 4) is 11.3 Å². The van der Waals surface area contributed by atoms with Crippen molar-refractivity contribution >= 4 is 23.1 Å². The lowest BCUT2D eigenvalue weighted by atomic mass is 9.94. The number of nitrogens with zero attached hydrogens (tertiary/aromatic N) is 3. The zero-order valence-corrected chi connectivity index (χ0v) is 13.6. The summed E-state index contributed by atoms with van der Waals surface area (Å²) in [6, 6.07) is 4.85. The third-order valence-electron chi connectivity index (χ3n) is 4.68. The highest BCUT2D eigenvalue weighted by Crippen LogP contribution is 2.31. The minimum absolute atomic E-state index is 0.617. The summed E-state index contributed by atoms with van der Waals surface area (Å²) >= 11 is 1.70. The Morgan fingerprint density at radius 3 is 3.09 bits per heavy atom. The minimum Gasteiger partial charge on any atom is -0.357 e. The van der Waals surface area contributed by atoms with Crippen LogP contribution in [0.15, 0.2) is 22.9 Å². The van der Waals surface area contributed by atoms with Crippen molar-refractivity contribution in [1.82, 2.24) is 15.3 Å². The van der Waals surface area contributed by atoms with Crippen molar-refractivity contribution in [2.75, 3.05) is 36.9 Å². The van der Waals surface area contributed by atoms with Crippen molar-refractivity contribution < 1.29 is 0 Å².